The third-order valence-corrected chi connectivity index (χ3v) is 2.97. The molecular weight excluding hydrogens is 245 g/mol. The van der Waals surface area contributed by atoms with Gasteiger partial charge in [-0.25, -0.2) is 14.1 Å². The summed E-state index contributed by atoms with van der Waals surface area (Å²) in [6.07, 6.45) is 1.45. The molecule has 1 unspecified atom stereocenters. The van der Waals surface area contributed by atoms with Crippen LogP contribution in [0.2, 0.25) is 0 Å². The van der Waals surface area contributed by atoms with E-state index in [0.717, 1.165) is 5.82 Å². The molecule has 1 N–H and O–H groups in total. The minimum atomic E-state index is -0.668. The van der Waals surface area contributed by atoms with Crippen molar-refractivity contribution < 1.29 is 9.50 Å². The molecule has 1 aromatic heterocycles. The van der Waals surface area contributed by atoms with Gasteiger partial charge in [-0.2, -0.15) is 5.10 Å². The van der Waals surface area contributed by atoms with Crippen molar-refractivity contribution in [1.82, 2.24) is 14.8 Å². The summed E-state index contributed by atoms with van der Waals surface area (Å²) in [4.78, 5) is 4.14. The smallest absolute Gasteiger partial charge is 0.138 e. The predicted molar refractivity (Wildman–Crippen MR) is 70.2 cm³/mol. The molecule has 0 amide bonds. The summed E-state index contributed by atoms with van der Waals surface area (Å²) in [5, 5.41) is 14.2. The van der Waals surface area contributed by atoms with E-state index in [9.17, 15) is 9.50 Å². The van der Waals surface area contributed by atoms with Crippen molar-refractivity contribution in [1.29, 1.82) is 0 Å². The second-order valence-electron chi connectivity index (χ2n) is 4.87. The molecule has 1 atom stereocenters. The Morgan fingerprint density at radius 3 is 2.68 bits per heavy atom. The van der Waals surface area contributed by atoms with Gasteiger partial charge < -0.3 is 5.11 Å². The summed E-state index contributed by atoms with van der Waals surface area (Å²) >= 11 is 0. The summed E-state index contributed by atoms with van der Waals surface area (Å²) in [5.74, 6) is 0.436. The second-order valence-corrected chi connectivity index (χ2v) is 4.87. The maximum Gasteiger partial charge on any atom is 0.138 e. The number of nitrogens with zero attached hydrogens (tertiary/aromatic N) is 3. The summed E-state index contributed by atoms with van der Waals surface area (Å²) in [7, 11) is 0. The molecule has 102 valence electrons. The molecule has 4 nitrogen and oxygen atoms in total. The number of halogens is 1. The first-order valence-corrected chi connectivity index (χ1v) is 6.37. The Hall–Kier alpha value is -1.75. The zero-order valence-electron chi connectivity index (χ0n) is 11.1. The molecule has 0 bridgehead atoms. The van der Waals surface area contributed by atoms with Gasteiger partial charge in [-0.3, -0.25) is 0 Å². The lowest BCUT2D eigenvalue weighted by molar-refractivity contribution is 0.169. The van der Waals surface area contributed by atoms with Gasteiger partial charge in [0.15, 0.2) is 0 Å². The molecule has 19 heavy (non-hydrogen) atoms. The largest absolute Gasteiger partial charge is 0.392 e. The highest BCUT2D eigenvalue weighted by Crippen LogP contribution is 2.13. The fourth-order valence-corrected chi connectivity index (χ4v) is 2.05. The van der Waals surface area contributed by atoms with Crippen LogP contribution in [0.4, 0.5) is 4.39 Å². The fourth-order valence-electron chi connectivity index (χ4n) is 2.05. The van der Waals surface area contributed by atoms with Crippen molar-refractivity contribution in [2.24, 2.45) is 0 Å². The van der Waals surface area contributed by atoms with E-state index < -0.39 is 6.10 Å². The molecule has 0 radical (unpaired) electrons. The highest BCUT2D eigenvalue weighted by atomic mass is 19.1. The average Bonchev–Trinajstić information content (AvgIpc) is 2.80. The monoisotopic (exact) mass is 263 g/mol. The molecule has 0 spiro atoms. The Morgan fingerprint density at radius 1 is 1.26 bits per heavy atom. The van der Waals surface area contributed by atoms with Crippen LogP contribution in [0.3, 0.4) is 0 Å². The van der Waals surface area contributed by atoms with E-state index in [2.05, 4.69) is 10.1 Å². The highest BCUT2D eigenvalue weighted by molar-refractivity contribution is 5.18. The van der Waals surface area contributed by atoms with E-state index in [0.29, 0.717) is 12.0 Å². The van der Waals surface area contributed by atoms with Gasteiger partial charge in [-0.1, -0.05) is 18.2 Å². The van der Waals surface area contributed by atoms with Crippen molar-refractivity contribution in [3.63, 3.8) is 0 Å². The number of aliphatic hydroxyl groups excluding tert-OH is 1. The van der Waals surface area contributed by atoms with Crippen molar-refractivity contribution in [3.05, 3.63) is 47.8 Å². The van der Waals surface area contributed by atoms with Gasteiger partial charge in [0.1, 0.15) is 18.0 Å². The standard InChI is InChI=1S/C14H18FN3O/c1-10(2)18-14(16-9-17-18)8-12(19)7-11-5-3-4-6-13(11)15/h3-6,9-10,12,19H,7-8H2,1-2H3. The highest BCUT2D eigenvalue weighted by Gasteiger charge is 2.14. The molecule has 0 saturated heterocycles. The SMILES string of the molecule is CC(C)n1ncnc1CC(O)Cc1ccccc1F. The molecule has 1 aromatic carbocycles. The molecule has 2 rings (SSSR count). The summed E-state index contributed by atoms with van der Waals surface area (Å²) < 4.78 is 15.3. The third kappa shape index (κ3) is 3.38. The Balaban J connectivity index is 2.03. The van der Waals surface area contributed by atoms with Crippen molar-refractivity contribution in [3.8, 4) is 0 Å². The van der Waals surface area contributed by atoms with Crippen molar-refractivity contribution in [2.45, 2.75) is 38.8 Å². The number of aromatic nitrogens is 3. The first-order chi connectivity index (χ1) is 9.08. The minimum Gasteiger partial charge on any atom is -0.392 e. The van der Waals surface area contributed by atoms with E-state index in [4.69, 9.17) is 0 Å². The lowest BCUT2D eigenvalue weighted by Gasteiger charge is -2.13. The summed E-state index contributed by atoms with van der Waals surface area (Å²) in [6.45, 7) is 4.00. The van der Waals surface area contributed by atoms with E-state index in [-0.39, 0.29) is 18.3 Å². The maximum atomic E-state index is 13.5. The van der Waals surface area contributed by atoms with Gasteiger partial charge in [0.05, 0.1) is 6.10 Å². The Labute approximate surface area is 111 Å². The van der Waals surface area contributed by atoms with E-state index in [1.54, 1.807) is 22.9 Å². The van der Waals surface area contributed by atoms with Crippen LogP contribution in [0.15, 0.2) is 30.6 Å². The van der Waals surface area contributed by atoms with Gasteiger partial charge in [-0.15, -0.1) is 0 Å². The van der Waals surface area contributed by atoms with Gasteiger partial charge in [0.25, 0.3) is 0 Å². The molecular formula is C14H18FN3O. The normalized spacial score (nSPS) is 12.9. The third-order valence-electron chi connectivity index (χ3n) is 2.97. The zero-order valence-corrected chi connectivity index (χ0v) is 11.1. The van der Waals surface area contributed by atoms with Gasteiger partial charge >= 0.3 is 0 Å². The quantitative estimate of drug-likeness (QED) is 0.899. The second kappa shape index (κ2) is 5.93. The van der Waals surface area contributed by atoms with Crippen LogP contribution < -0.4 is 0 Å². The minimum absolute atomic E-state index is 0.193. The average molecular weight is 263 g/mol. The number of aliphatic hydroxyl groups is 1. The molecule has 0 fully saturated rings. The lowest BCUT2D eigenvalue weighted by atomic mass is 10.0. The van der Waals surface area contributed by atoms with Crippen molar-refractivity contribution in [2.75, 3.05) is 0 Å². The summed E-state index contributed by atoms with van der Waals surface area (Å²) in [6, 6.07) is 6.69. The fraction of sp³-hybridized carbons (Fsp3) is 0.429. The van der Waals surface area contributed by atoms with Crippen LogP contribution in [0.1, 0.15) is 31.3 Å². The predicted octanol–water partition coefficient (Wildman–Crippen LogP) is 2.14. The molecule has 0 saturated carbocycles. The zero-order chi connectivity index (χ0) is 13.8. The van der Waals surface area contributed by atoms with Crippen LogP contribution in [0.25, 0.3) is 0 Å². The number of hydrogen-bond donors (Lipinski definition) is 1. The van der Waals surface area contributed by atoms with E-state index >= 15 is 0 Å². The number of hydrogen-bond acceptors (Lipinski definition) is 3. The number of rotatable bonds is 5. The molecule has 0 aliphatic rings. The van der Waals surface area contributed by atoms with Crippen LogP contribution in [0, 0.1) is 5.82 Å². The number of benzene rings is 1. The van der Waals surface area contributed by atoms with Crippen LogP contribution in [-0.4, -0.2) is 26.0 Å². The summed E-state index contributed by atoms with van der Waals surface area (Å²) in [5.41, 5.74) is 0.519. The van der Waals surface area contributed by atoms with Crippen LogP contribution in [0.5, 0.6) is 0 Å². The Morgan fingerprint density at radius 2 is 2.00 bits per heavy atom. The first-order valence-electron chi connectivity index (χ1n) is 6.37. The Bertz CT molecular complexity index is 539. The molecule has 1 heterocycles. The van der Waals surface area contributed by atoms with E-state index in [1.165, 1.54) is 12.4 Å². The topological polar surface area (TPSA) is 50.9 Å². The maximum absolute atomic E-state index is 13.5. The van der Waals surface area contributed by atoms with Gasteiger partial charge in [0.2, 0.25) is 0 Å². The molecule has 0 aliphatic carbocycles. The van der Waals surface area contributed by atoms with Crippen LogP contribution >= 0.6 is 0 Å². The van der Waals surface area contributed by atoms with E-state index in [1.807, 2.05) is 13.8 Å². The molecule has 0 aliphatic heterocycles. The molecule has 5 heteroatoms. The van der Waals surface area contributed by atoms with Gasteiger partial charge in [0, 0.05) is 18.9 Å². The van der Waals surface area contributed by atoms with Gasteiger partial charge in [-0.05, 0) is 25.5 Å². The van der Waals surface area contributed by atoms with Crippen LogP contribution in [-0.2, 0) is 12.8 Å². The lowest BCUT2D eigenvalue weighted by Crippen LogP contribution is -2.19. The Kier molecular flexibility index (Phi) is 4.27. The molecule has 2 aromatic rings. The van der Waals surface area contributed by atoms with Crippen molar-refractivity contribution >= 4 is 0 Å². The first kappa shape index (κ1) is 13.7.